The lowest BCUT2D eigenvalue weighted by Crippen LogP contribution is -2.43. The molecule has 0 aliphatic carbocycles. The molecule has 0 radical (unpaired) electrons. The van der Waals surface area contributed by atoms with Crippen molar-refractivity contribution in [2.45, 2.75) is 31.1 Å². The van der Waals surface area contributed by atoms with Gasteiger partial charge >= 0.3 is 0 Å². The smallest absolute Gasteiger partial charge is 0.273 e. The maximum Gasteiger partial charge on any atom is 0.273 e. The molecule has 2 saturated heterocycles. The maximum absolute atomic E-state index is 12.4. The molecule has 1 aromatic rings. The van der Waals surface area contributed by atoms with Crippen molar-refractivity contribution < 1.29 is 14.3 Å². The number of carbonyl (C=O) groups excluding carboxylic acids is 1. The van der Waals surface area contributed by atoms with Crippen molar-refractivity contribution in [2.24, 2.45) is 0 Å². The molecule has 0 N–H and O–H groups in total. The van der Waals surface area contributed by atoms with E-state index in [2.05, 4.69) is 4.98 Å². The molecule has 1 aromatic heterocycles. The molecular formula is C12H16N2O3S. The van der Waals surface area contributed by atoms with Gasteiger partial charge in [-0.15, -0.1) is 11.3 Å². The quantitative estimate of drug-likeness (QED) is 0.807. The summed E-state index contributed by atoms with van der Waals surface area (Å²) in [7, 11) is 1.68. The van der Waals surface area contributed by atoms with Crippen molar-refractivity contribution in [1.29, 1.82) is 0 Å². The molecule has 5 nitrogen and oxygen atoms in total. The first-order chi connectivity index (χ1) is 8.81. The monoisotopic (exact) mass is 268 g/mol. The van der Waals surface area contributed by atoms with Crippen molar-refractivity contribution in [3.63, 3.8) is 0 Å². The van der Waals surface area contributed by atoms with E-state index in [1.165, 1.54) is 11.3 Å². The summed E-state index contributed by atoms with van der Waals surface area (Å²) >= 11 is 1.44. The molecule has 1 amide bonds. The third kappa shape index (κ3) is 1.94. The van der Waals surface area contributed by atoms with Crippen LogP contribution < -0.4 is 0 Å². The Morgan fingerprint density at radius 3 is 3.28 bits per heavy atom. The number of likely N-dealkylation sites (tertiary alicyclic amines) is 1. The molecular weight excluding hydrogens is 252 g/mol. The van der Waals surface area contributed by atoms with Crippen LogP contribution in [0.4, 0.5) is 0 Å². The summed E-state index contributed by atoms with van der Waals surface area (Å²) < 4.78 is 11.2. The molecule has 0 spiro atoms. The molecule has 3 atom stereocenters. The Labute approximate surface area is 110 Å². The molecule has 0 saturated carbocycles. The van der Waals surface area contributed by atoms with Crippen LogP contribution in [0, 0.1) is 0 Å². The standard InChI is InChI=1S/C12H16N2O3S/c1-16-10-5-14(9-3-2-4-17-11(9)10)12(15)8-6-18-7-13-8/h6-7,9-11H,2-5H2,1H3/t9-,10+,11+/m1/s1. The van der Waals surface area contributed by atoms with Crippen LogP contribution in [-0.2, 0) is 9.47 Å². The normalized spacial score (nSPS) is 31.4. The summed E-state index contributed by atoms with van der Waals surface area (Å²) in [4.78, 5) is 18.3. The van der Waals surface area contributed by atoms with Crippen LogP contribution in [0.3, 0.4) is 0 Å². The molecule has 0 unspecified atom stereocenters. The van der Waals surface area contributed by atoms with Gasteiger partial charge < -0.3 is 14.4 Å². The zero-order valence-electron chi connectivity index (χ0n) is 10.2. The maximum atomic E-state index is 12.4. The average Bonchev–Trinajstić information content (AvgIpc) is 3.05. The molecule has 2 aliphatic heterocycles. The first-order valence-electron chi connectivity index (χ1n) is 6.15. The number of aromatic nitrogens is 1. The van der Waals surface area contributed by atoms with Crippen LogP contribution in [0.1, 0.15) is 23.3 Å². The van der Waals surface area contributed by atoms with Gasteiger partial charge in [0.1, 0.15) is 17.9 Å². The van der Waals surface area contributed by atoms with E-state index in [-0.39, 0.29) is 24.2 Å². The Balaban J connectivity index is 1.82. The summed E-state index contributed by atoms with van der Waals surface area (Å²) in [6, 6.07) is 0.137. The SMILES string of the molecule is CO[C@H]1CN(C(=O)c2cscn2)[C@@H]2CCCO[C@H]12. The number of fused-ring (bicyclic) bond motifs is 1. The molecule has 0 bridgehead atoms. The number of rotatable bonds is 2. The van der Waals surface area contributed by atoms with E-state index in [4.69, 9.17) is 9.47 Å². The zero-order chi connectivity index (χ0) is 12.5. The molecule has 2 aliphatic rings. The van der Waals surface area contributed by atoms with E-state index in [1.54, 1.807) is 18.0 Å². The van der Waals surface area contributed by atoms with E-state index in [9.17, 15) is 4.79 Å². The second kappa shape index (κ2) is 4.95. The fourth-order valence-corrected chi connectivity index (χ4v) is 3.34. The van der Waals surface area contributed by atoms with Crippen LogP contribution in [0.25, 0.3) is 0 Å². The highest BCUT2D eigenvalue weighted by Crippen LogP contribution is 2.31. The number of methoxy groups -OCH3 is 1. The van der Waals surface area contributed by atoms with Gasteiger partial charge in [0.15, 0.2) is 0 Å². The molecule has 2 fully saturated rings. The number of ether oxygens (including phenoxy) is 2. The number of carbonyl (C=O) groups is 1. The minimum atomic E-state index is -0.0158. The lowest BCUT2D eigenvalue weighted by atomic mass is 10.0. The third-order valence-electron chi connectivity index (χ3n) is 3.69. The van der Waals surface area contributed by atoms with Crippen molar-refractivity contribution in [3.8, 4) is 0 Å². The van der Waals surface area contributed by atoms with Gasteiger partial charge in [-0.05, 0) is 12.8 Å². The van der Waals surface area contributed by atoms with Crippen LogP contribution in [0.2, 0.25) is 0 Å². The zero-order valence-corrected chi connectivity index (χ0v) is 11.1. The van der Waals surface area contributed by atoms with Crippen molar-refractivity contribution in [1.82, 2.24) is 9.88 Å². The summed E-state index contributed by atoms with van der Waals surface area (Å²) in [6.45, 7) is 1.36. The highest BCUT2D eigenvalue weighted by Gasteiger charge is 2.46. The summed E-state index contributed by atoms with van der Waals surface area (Å²) in [6.07, 6.45) is 1.99. The third-order valence-corrected chi connectivity index (χ3v) is 4.28. The topological polar surface area (TPSA) is 51.7 Å². The molecule has 3 heterocycles. The molecule has 98 valence electrons. The molecule has 3 rings (SSSR count). The number of thiazole rings is 1. The number of hydrogen-bond acceptors (Lipinski definition) is 5. The van der Waals surface area contributed by atoms with E-state index in [0.29, 0.717) is 12.2 Å². The molecule has 6 heteroatoms. The van der Waals surface area contributed by atoms with Gasteiger partial charge in [-0.25, -0.2) is 4.98 Å². The van der Waals surface area contributed by atoms with Crippen molar-refractivity contribution >= 4 is 17.2 Å². The summed E-state index contributed by atoms with van der Waals surface area (Å²) in [5.41, 5.74) is 2.22. The molecule has 18 heavy (non-hydrogen) atoms. The van der Waals surface area contributed by atoms with Gasteiger partial charge in [-0.2, -0.15) is 0 Å². The van der Waals surface area contributed by atoms with Crippen LogP contribution in [0.5, 0.6) is 0 Å². The van der Waals surface area contributed by atoms with Crippen LogP contribution in [-0.4, -0.2) is 54.3 Å². The second-order valence-corrected chi connectivity index (χ2v) is 5.37. The second-order valence-electron chi connectivity index (χ2n) is 4.65. The Hall–Kier alpha value is -0.980. The highest BCUT2D eigenvalue weighted by molar-refractivity contribution is 7.07. The van der Waals surface area contributed by atoms with Gasteiger partial charge in [-0.1, -0.05) is 0 Å². The molecule has 0 aromatic carbocycles. The van der Waals surface area contributed by atoms with Gasteiger partial charge in [0.05, 0.1) is 18.1 Å². The fraction of sp³-hybridized carbons (Fsp3) is 0.667. The minimum absolute atomic E-state index is 0.00343. The van der Waals surface area contributed by atoms with Crippen LogP contribution >= 0.6 is 11.3 Å². The first-order valence-corrected chi connectivity index (χ1v) is 7.09. The van der Waals surface area contributed by atoms with Gasteiger partial charge in [0.25, 0.3) is 5.91 Å². The van der Waals surface area contributed by atoms with Crippen LogP contribution in [0.15, 0.2) is 10.9 Å². The van der Waals surface area contributed by atoms with Crippen molar-refractivity contribution in [3.05, 3.63) is 16.6 Å². The van der Waals surface area contributed by atoms with E-state index >= 15 is 0 Å². The lowest BCUT2D eigenvalue weighted by molar-refractivity contribution is -0.0639. The lowest BCUT2D eigenvalue weighted by Gasteiger charge is -2.31. The summed E-state index contributed by atoms with van der Waals surface area (Å²) in [5, 5.41) is 1.79. The fourth-order valence-electron chi connectivity index (χ4n) is 2.82. The van der Waals surface area contributed by atoms with Gasteiger partial charge in [-0.3, -0.25) is 4.79 Å². The Kier molecular flexibility index (Phi) is 3.32. The van der Waals surface area contributed by atoms with E-state index < -0.39 is 0 Å². The average molecular weight is 268 g/mol. The number of nitrogens with zero attached hydrogens (tertiary/aromatic N) is 2. The first kappa shape index (κ1) is 12.1. The summed E-state index contributed by atoms with van der Waals surface area (Å²) in [5.74, 6) is -0.00343. The predicted octanol–water partition coefficient (Wildman–Crippen LogP) is 1.16. The highest BCUT2D eigenvalue weighted by atomic mass is 32.1. The Bertz CT molecular complexity index is 423. The van der Waals surface area contributed by atoms with Crippen molar-refractivity contribution in [2.75, 3.05) is 20.3 Å². The number of hydrogen-bond donors (Lipinski definition) is 0. The van der Waals surface area contributed by atoms with E-state index in [0.717, 1.165) is 19.4 Å². The van der Waals surface area contributed by atoms with Gasteiger partial charge in [0, 0.05) is 19.1 Å². The minimum Gasteiger partial charge on any atom is -0.377 e. The number of amides is 1. The van der Waals surface area contributed by atoms with E-state index in [1.807, 2.05) is 4.90 Å². The Morgan fingerprint density at radius 2 is 2.56 bits per heavy atom. The Morgan fingerprint density at radius 1 is 1.67 bits per heavy atom. The largest absolute Gasteiger partial charge is 0.377 e. The van der Waals surface area contributed by atoms with Gasteiger partial charge in [0.2, 0.25) is 0 Å². The predicted molar refractivity (Wildman–Crippen MR) is 66.7 cm³/mol.